The van der Waals surface area contributed by atoms with E-state index in [1.54, 1.807) is 0 Å². The van der Waals surface area contributed by atoms with Gasteiger partial charge in [-0.3, -0.25) is 4.99 Å². The molecule has 0 aliphatic carbocycles. The normalized spacial score (nSPS) is 15.6. The number of nitrogens with zero attached hydrogens (tertiary/aromatic N) is 4. The minimum absolute atomic E-state index is 0. The second-order valence-electron chi connectivity index (χ2n) is 6.78. The lowest BCUT2D eigenvalue weighted by Gasteiger charge is -2.33. The van der Waals surface area contributed by atoms with Crippen molar-refractivity contribution >= 4 is 29.9 Å². The zero-order valence-corrected chi connectivity index (χ0v) is 18.1. The van der Waals surface area contributed by atoms with Crippen LogP contribution in [0.15, 0.2) is 47.7 Å². The van der Waals surface area contributed by atoms with E-state index in [1.165, 1.54) is 18.4 Å². The number of nitrogens with one attached hydrogen (secondary N) is 1. The first-order chi connectivity index (χ1) is 12.3. The number of aliphatic imine (C=N–C) groups is 1. The molecule has 6 heteroatoms. The quantitative estimate of drug-likeness (QED) is 0.414. The average molecular weight is 467 g/mol. The Hall–Kier alpha value is -1.57. The number of para-hydroxylation sites is 1. The van der Waals surface area contributed by atoms with Crippen LogP contribution in [0, 0.1) is 5.92 Å². The van der Waals surface area contributed by atoms with E-state index in [-0.39, 0.29) is 24.0 Å². The molecule has 1 N–H and O–H groups in total. The summed E-state index contributed by atoms with van der Waals surface area (Å²) < 4.78 is 1.93. The minimum Gasteiger partial charge on any atom is -0.357 e. The summed E-state index contributed by atoms with van der Waals surface area (Å²) in [6.45, 7) is 8.39. The van der Waals surface area contributed by atoms with E-state index in [0.717, 1.165) is 50.2 Å². The first-order valence-electron chi connectivity index (χ1n) is 9.38. The molecule has 0 bridgehead atoms. The van der Waals surface area contributed by atoms with Crippen LogP contribution in [0.3, 0.4) is 0 Å². The number of hydrogen-bond donors (Lipinski definition) is 1. The van der Waals surface area contributed by atoms with E-state index in [1.807, 2.05) is 29.1 Å². The van der Waals surface area contributed by atoms with Crippen LogP contribution < -0.4 is 5.32 Å². The monoisotopic (exact) mass is 467 g/mol. The van der Waals surface area contributed by atoms with Crippen molar-refractivity contribution < 1.29 is 0 Å². The molecular weight excluding hydrogens is 437 g/mol. The summed E-state index contributed by atoms with van der Waals surface area (Å²) >= 11 is 0. The third-order valence-corrected chi connectivity index (χ3v) is 4.74. The second-order valence-corrected chi connectivity index (χ2v) is 6.78. The SMILES string of the molecule is CCNC(=NCCc1cnn(-c2ccccc2)c1)N1CCC(C)CC1.I. The van der Waals surface area contributed by atoms with Crippen molar-refractivity contribution in [3.05, 3.63) is 48.3 Å². The Morgan fingerprint density at radius 2 is 1.96 bits per heavy atom. The number of likely N-dealkylation sites (tertiary alicyclic amines) is 1. The molecule has 1 aromatic heterocycles. The van der Waals surface area contributed by atoms with Crippen molar-refractivity contribution in [3.63, 3.8) is 0 Å². The molecule has 1 aromatic carbocycles. The summed E-state index contributed by atoms with van der Waals surface area (Å²) in [5.41, 5.74) is 2.31. The highest BCUT2D eigenvalue weighted by Gasteiger charge is 2.18. The molecule has 0 unspecified atom stereocenters. The van der Waals surface area contributed by atoms with Crippen LogP contribution >= 0.6 is 24.0 Å². The molecule has 1 saturated heterocycles. The van der Waals surface area contributed by atoms with Gasteiger partial charge in [-0.25, -0.2) is 4.68 Å². The summed E-state index contributed by atoms with van der Waals surface area (Å²) in [6, 6.07) is 10.2. The van der Waals surface area contributed by atoms with Crippen molar-refractivity contribution in [1.82, 2.24) is 20.0 Å². The Morgan fingerprint density at radius 3 is 2.65 bits per heavy atom. The van der Waals surface area contributed by atoms with Crippen molar-refractivity contribution in [2.75, 3.05) is 26.2 Å². The molecule has 142 valence electrons. The number of benzene rings is 1. The molecule has 5 nitrogen and oxygen atoms in total. The van der Waals surface area contributed by atoms with Gasteiger partial charge in [0.05, 0.1) is 11.9 Å². The number of hydrogen-bond acceptors (Lipinski definition) is 2. The third kappa shape index (κ3) is 5.72. The molecule has 0 spiro atoms. The van der Waals surface area contributed by atoms with Gasteiger partial charge in [-0.05, 0) is 49.8 Å². The Bertz CT molecular complexity index is 675. The van der Waals surface area contributed by atoms with Gasteiger partial charge in [-0.2, -0.15) is 5.10 Å². The van der Waals surface area contributed by atoms with Crippen molar-refractivity contribution in [3.8, 4) is 5.69 Å². The number of rotatable bonds is 5. The fourth-order valence-electron chi connectivity index (χ4n) is 3.15. The highest BCUT2D eigenvalue weighted by Crippen LogP contribution is 2.16. The molecule has 1 fully saturated rings. The van der Waals surface area contributed by atoms with Gasteiger partial charge in [0.2, 0.25) is 0 Å². The summed E-state index contributed by atoms with van der Waals surface area (Å²) in [4.78, 5) is 7.23. The van der Waals surface area contributed by atoms with E-state index in [9.17, 15) is 0 Å². The molecule has 26 heavy (non-hydrogen) atoms. The zero-order chi connectivity index (χ0) is 17.5. The lowest BCUT2D eigenvalue weighted by Crippen LogP contribution is -2.45. The molecule has 0 saturated carbocycles. The van der Waals surface area contributed by atoms with Crippen molar-refractivity contribution in [1.29, 1.82) is 0 Å². The summed E-state index contributed by atoms with van der Waals surface area (Å²) in [5.74, 6) is 1.90. The maximum absolute atomic E-state index is 4.83. The van der Waals surface area contributed by atoms with E-state index in [0.29, 0.717) is 0 Å². The van der Waals surface area contributed by atoms with Gasteiger partial charge in [-0.1, -0.05) is 25.1 Å². The molecule has 2 aromatic rings. The predicted molar refractivity (Wildman–Crippen MR) is 119 cm³/mol. The minimum atomic E-state index is 0. The van der Waals surface area contributed by atoms with Crippen LogP contribution in [0.1, 0.15) is 32.3 Å². The van der Waals surface area contributed by atoms with E-state index < -0.39 is 0 Å². The largest absolute Gasteiger partial charge is 0.357 e. The topological polar surface area (TPSA) is 45.5 Å². The van der Waals surface area contributed by atoms with Gasteiger partial charge in [0, 0.05) is 32.4 Å². The maximum Gasteiger partial charge on any atom is 0.193 e. The van der Waals surface area contributed by atoms with Crippen LogP contribution in [0.25, 0.3) is 5.69 Å². The molecule has 0 radical (unpaired) electrons. The standard InChI is InChI=1S/C20H29N5.HI/c1-3-21-20(24-13-10-17(2)11-14-24)22-12-9-18-15-23-25(16-18)19-7-5-4-6-8-19;/h4-8,15-17H,3,9-14H2,1-2H3,(H,21,22);1H. The number of aromatic nitrogens is 2. The number of piperidine rings is 1. The molecule has 1 aliphatic heterocycles. The van der Waals surface area contributed by atoms with E-state index >= 15 is 0 Å². The van der Waals surface area contributed by atoms with E-state index in [4.69, 9.17) is 4.99 Å². The van der Waals surface area contributed by atoms with Gasteiger partial charge in [0.25, 0.3) is 0 Å². The van der Waals surface area contributed by atoms with Gasteiger partial charge < -0.3 is 10.2 Å². The lowest BCUT2D eigenvalue weighted by atomic mass is 10.00. The Labute approximate surface area is 173 Å². The van der Waals surface area contributed by atoms with Gasteiger partial charge >= 0.3 is 0 Å². The third-order valence-electron chi connectivity index (χ3n) is 4.74. The average Bonchev–Trinajstić information content (AvgIpc) is 3.11. The Morgan fingerprint density at radius 1 is 1.23 bits per heavy atom. The van der Waals surface area contributed by atoms with Gasteiger partial charge in [0.1, 0.15) is 0 Å². The van der Waals surface area contributed by atoms with Crippen LogP contribution in [-0.4, -0.2) is 46.8 Å². The highest BCUT2D eigenvalue weighted by molar-refractivity contribution is 14.0. The zero-order valence-electron chi connectivity index (χ0n) is 15.8. The smallest absolute Gasteiger partial charge is 0.193 e. The fourth-order valence-corrected chi connectivity index (χ4v) is 3.15. The highest BCUT2D eigenvalue weighted by atomic mass is 127. The summed E-state index contributed by atoms with van der Waals surface area (Å²) in [6.07, 6.45) is 7.47. The lowest BCUT2D eigenvalue weighted by molar-refractivity contribution is 0.273. The molecule has 1 aliphatic rings. The first kappa shape index (κ1) is 20.7. The predicted octanol–water partition coefficient (Wildman–Crippen LogP) is 3.73. The Balaban J connectivity index is 0.00000243. The molecule has 0 amide bonds. The number of guanidine groups is 1. The van der Waals surface area contributed by atoms with Crippen LogP contribution in [0.4, 0.5) is 0 Å². The number of halogens is 1. The second kappa shape index (κ2) is 10.5. The molecule has 2 heterocycles. The van der Waals surface area contributed by atoms with Crippen molar-refractivity contribution in [2.24, 2.45) is 10.9 Å². The van der Waals surface area contributed by atoms with Crippen molar-refractivity contribution in [2.45, 2.75) is 33.1 Å². The molecule has 3 rings (SSSR count). The van der Waals surface area contributed by atoms with Gasteiger partial charge in [0.15, 0.2) is 5.96 Å². The van der Waals surface area contributed by atoms with E-state index in [2.05, 4.69) is 47.5 Å². The first-order valence-corrected chi connectivity index (χ1v) is 9.38. The van der Waals surface area contributed by atoms with Crippen LogP contribution in [0.5, 0.6) is 0 Å². The summed E-state index contributed by atoms with van der Waals surface area (Å²) in [5, 5.41) is 7.90. The fraction of sp³-hybridized carbons (Fsp3) is 0.500. The van der Waals surface area contributed by atoms with Crippen LogP contribution in [-0.2, 0) is 6.42 Å². The Kier molecular flexibility index (Phi) is 8.41. The maximum atomic E-state index is 4.83. The van der Waals surface area contributed by atoms with Crippen LogP contribution in [0.2, 0.25) is 0 Å². The molecular formula is C20H30IN5. The van der Waals surface area contributed by atoms with Gasteiger partial charge in [-0.15, -0.1) is 24.0 Å². The molecule has 0 atom stereocenters. The summed E-state index contributed by atoms with van der Waals surface area (Å²) in [7, 11) is 0.